The van der Waals surface area contributed by atoms with Gasteiger partial charge in [0.1, 0.15) is 5.52 Å². The van der Waals surface area contributed by atoms with E-state index in [2.05, 4.69) is 10.3 Å². The lowest BCUT2D eigenvalue weighted by Gasteiger charge is -2.14. The Hall–Kier alpha value is -2.28. The average Bonchev–Trinajstić information content (AvgIpc) is 2.45. The Morgan fingerprint density at radius 2 is 2.35 bits per heavy atom. The number of nitrogens with one attached hydrogen (secondary N) is 1. The zero-order valence-electron chi connectivity index (χ0n) is 11.1. The minimum absolute atomic E-state index is 0.122. The van der Waals surface area contributed by atoms with Gasteiger partial charge in [-0.25, -0.2) is 4.39 Å². The van der Waals surface area contributed by atoms with E-state index in [4.69, 9.17) is 4.74 Å². The Bertz CT molecular complexity index is 648. The molecule has 1 aromatic carbocycles. The van der Waals surface area contributed by atoms with E-state index < -0.39 is 10.7 Å². The standard InChI is InChI=1S/C13H14FN3O3/c1-8(20-2)7-16-13-10(14)6-11(17(18)19)9-4-3-5-15-12(9)13/h3-6,8,16H,7H2,1-2H3. The van der Waals surface area contributed by atoms with E-state index in [0.29, 0.717) is 11.9 Å². The molecule has 20 heavy (non-hydrogen) atoms. The maximum Gasteiger partial charge on any atom is 0.281 e. The maximum atomic E-state index is 14.0. The molecule has 2 aromatic rings. The van der Waals surface area contributed by atoms with Gasteiger partial charge in [-0.05, 0) is 19.1 Å². The summed E-state index contributed by atoms with van der Waals surface area (Å²) >= 11 is 0. The fraction of sp³-hybridized carbons (Fsp3) is 0.308. The van der Waals surface area contributed by atoms with Crippen molar-refractivity contribution in [2.24, 2.45) is 0 Å². The summed E-state index contributed by atoms with van der Waals surface area (Å²) in [7, 11) is 1.55. The van der Waals surface area contributed by atoms with Crippen LogP contribution < -0.4 is 5.32 Å². The van der Waals surface area contributed by atoms with Crippen molar-refractivity contribution >= 4 is 22.3 Å². The van der Waals surface area contributed by atoms with Crippen LogP contribution in [0, 0.1) is 15.9 Å². The largest absolute Gasteiger partial charge is 0.380 e. The molecule has 1 N–H and O–H groups in total. The van der Waals surface area contributed by atoms with Crippen LogP contribution in [0.3, 0.4) is 0 Å². The van der Waals surface area contributed by atoms with Crippen molar-refractivity contribution in [3.05, 3.63) is 40.3 Å². The molecular weight excluding hydrogens is 265 g/mol. The van der Waals surface area contributed by atoms with Crippen molar-refractivity contribution in [2.75, 3.05) is 19.0 Å². The first-order valence-corrected chi connectivity index (χ1v) is 6.03. The molecule has 0 spiro atoms. The molecular formula is C13H14FN3O3. The lowest BCUT2D eigenvalue weighted by atomic mass is 10.1. The van der Waals surface area contributed by atoms with Crippen molar-refractivity contribution in [3.63, 3.8) is 0 Å². The number of pyridine rings is 1. The Kier molecular flexibility index (Phi) is 4.09. The van der Waals surface area contributed by atoms with Crippen LogP contribution in [-0.2, 0) is 4.74 Å². The molecule has 2 rings (SSSR count). The van der Waals surface area contributed by atoms with Gasteiger partial charge >= 0.3 is 0 Å². The number of rotatable bonds is 5. The molecule has 7 heteroatoms. The highest BCUT2D eigenvalue weighted by atomic mass is 19.1. The van der Waals surface area contributed by atoms with Crippen molar-refractivity contribution in [1.29, 1.82) is 0 Å². The number of fused-ring (bicyclic) bond motifs is 1. The first kappa shape index (κ1) is 14.1. The molecule has 0 aliphatic heterocycles. The van der Waals surface area contributed by atoms with Gasteiger partial charge in [0.05, 0.1) is 28.2 Å². The SMILES string of the molecule is COC(C)CNc1c(F)cc([N+](=O)[O-])c2cccnc12. The van der Waals surface area contributed by atoms with Crippen molar-refractivity contribution in [1.82, 2.24) is 4.98 Å². The van der Waals surface area contributed by atoms with Gasteiger partial charge in [-0.2, -0.15) is 0 Å². The van der Waals surface area contributed by atoms with Crippen molar-refractivity contribution in [3.8, 4) is 0 Å². The van der Waals surface area contributed by atoms with Crippen LogP contribution in [0.25, 0.3) is 10.9 Å². The third-order valence-corrected chi connectivity index (χ3v) is 2.99. The topological polar surface area (TPSA) is 77.3 Å². The molecule has 1 aromatic heterocycles. The Labute approximate surface area is 114 Å². The van der Waals surface area contributed by atoms with E-state index in [-0.39, 0.29) is 23.0 Å². The third-order valence-electron chi connectivity index (χ3n) is 2.99. The van der Waals surface area contributed by atoms with Gasteiger partial charge in [0.2, 0.25) is 0 Å². The number of nitro benzene ring substituents is 1. The summed E-state index contributed by atoms with van der Waals surface area (Å²) in [4.78, 5) is 14.4. The van der Waals surface area contributed by atoms with Crippen LogP contribution in [-0.4, -0.2) is 29.7 Å². The highest BCUT2D eigenvalue weighted by molar-refractivity contribution is 5.97. The number of aromatic nitrogens is 1. The number of anilines is 1. The van der Waals surface area contributed by atoms with Crippen LogP contribution >= 0.6 is 0 Å². The monoisotopic (exact) mass is 279 g/mol. The highest BCUT2D eigenvalue weighted by Crippen LogP contribution is 2.32. The second-order valence-corrected chi connectivity index (χ2v) is 4.34. The number of hydrogen-bond donors (Lipinski definition) is 1. The van der Waals surface area contributed by atoms with Crippen molar-refractivity contribution in [2.45, 2.75) is 13.0 Å². The van der Waals surface area contributed by atoms with Gasteiger partial charge < -0.3 is 10.1 Å². The normalized spacial score (nSPS) is 12.3. The van der Waals surface area contributed by atoms with Crippen LogP contribution in [0.1, 0.15) is 6.92 Å². The van der Waals surface area contributed by atoms with E-state index >= 15 is 0 Å². The minimum Gasteiger partial charge on any atom is -0.380 e. The predicted molar refractivity (Wildman–Crippen MR) is 73.3 cm³/mol. The summed E-state index contributed by atoms with van der Waals surface area (Å²) in [6.07, 6.45) is 1.35. The second-order valence-electron chi connectivity index (χ2n) is 4.34. The number of hydrogen-bond acceptors (Lipinski definition) is 5. The lowest BCUT2D eigenvalue weighted by molar-refractivity contribution is -0.383. The van der Waals surface area contributed by atoms with Crippen LogP contribution in [0.2, 0.25) is 0 Å². The molecule has 1 heterocycles. The number of nitro groups is 1. The van der Waals surface area contributed by atoms with E-state index in [0.717, 1.165) is 6.07 Å². The number of halogens is 1. The Morgan fingerprint density at radius 1 is 1.60 bits per heavy atom. The van der Waals surface area contributed by atoms with Crippen molar-refractivity contribution < 1.29 is 14.1 Å². The van der Waals surface area contributed by atoms with E-state index in [1.807, 2.05) is 6.92 Å². The predicted octanol–water partition coefficient (Wildman–Crippen LogP) is 2.73. The number of nitrogens with zero attached hydrogens (tertiary/aromatic N) is 2. The fourth-order valence-corrected chi connectivity index (χ4v) is 1.84. The number of non-ortho nitro benzene ring substituents is 1. The quantitative estimate of drug-likeness (QED) is 0.672. The molecule has 0 saturated carbocycles. The molecule has 1 unspecified atom stereocenters. The van der Waals surface area contributed by atoms with E-state index in [9.17, 15) is 14.5 Å². The van der Waals surface area contributed by atoms with Gasteiger partial charge in [-0.15, -0.1) is 0 Å². The molecule has 0 aliphatic rings. The highest BCUT2D eigenvalue weighted by Gasteiger charge is 2.20. The van der Waals surface area contributed by atoms with Gasteiger partial charge in [0.15, 0.2) is 5.82 Å². The summed E-state index contributed by atoms with van der Waals surface area (Å²) in [5, 5.41) is 14.1. The maximum absolute atomic E-state index is 14.0. The molecule has 0 amide bonds. The third kappa shape index (κ3) is 2.67. The average molecular weight is 279 g/mol. The first-order chi connectivity index (χ1) is 9.54. The van der Waals surface area contributed by atoms with E-state index in [1.165, 1.54) is 6.20 Å². The van der Waals surface area contributed by atoms with Crippen LogP contribution in [0.5, 0.6) is 0 Å². The number of methoxy groups -OCH3 is 1. The molecule has 0 aliphatic carbocycles. The van der Waals surface area contributed by atoms with Gasteiger partial charge in [-0.3, -0.25) is 15.1 Å². The molecule has 0 bridgehead atoms. The lowest BCUT2D eigenvalue weighted by Crippen LogP contribution is -2.19. The Morgan fingerprint density at radius 3 is 3.00 bits per heavy atom. The fourth-order valence-electron chi connectivity index (χ4n) is 1.84. The molecule has 106 valence electrons. The number of benzene rings is 1. The van der Waals surface area contributed by atoms with Gasteiger partial charge in [-0.1, -0.05) is 0 Å². The second kappa shape index (κ2) is 5.79. The zero-order chi connectivity index (χ0) is 14.7. The van der Waals surface area contributed by atoms with E-state index in [1.54, 1.807) is 19.2 Å². The minimum atomic E-state index is -0.703. The van der Waals surface area contributed by atoms with Crippen LogP contribution in [0.4, 0.5) is 15.8 Å². The molecule has 1 atom stereocenters. The number of ether oxygens (including phenoxy) is 1. The Balaban J connectivity index is 2.52. The summed E-state index contributed by atoms with van der Waals surface area (Å²) in [5.41, 5.74) is 0.0912. The van der Waals surface area contributed by atoms with Gasteiger partial charge in [0.25, 0.3) is 5.69 Å². The molecule has 0 saturated heterocycles. The summed E-state index contributed by atoms with van der Waals surface area (Å²) in [6.45, 7) is 2.20. The smallest absolute Gasteiger partial charge is 0.281 e. The summed E-state index contributed by atoms with van der Waals surface area (Å²) in [6, 6.07) is 4.03. The molecule has 0 fully saturated rings. The summed E-state index contributed by atoms with van der Waals surface area (Å²) < 4.78 is 19.1. The summed E-state index contributed by atoms with van der Waals surface area (Å²) in [5.74, 6) is -0.703. The molecule has 0 radical (unpaired) electrons. The zero-order valence-corrected chi connectivity index (χ0v) is 11.1. The first-order valence-electron chi connectivity index (χ1n) is 6.03. The van der Waals surface area contributed by atoms with Gasteiger partial charge in [0, 0.05) is 19.9 Å². The van der Waals surface area contributed by atoms with Crippen LogP contribution in [0.15, 0.2) is 24.4 Å². The molecule has 6 nitrogen and oxygen atoms in total.